The lowest BCUT2D eigenvalue weighted by Gasteiger charge is -2.12. The highest BCUT2D eigenvalue weighted by Gasteiger charge is 2.13. The molecule has 9 nitrogen and oxygen atoms in total. The Morgan fingerprint density at radius 1 is 1.00 bits per heavy atom. The summed E-state index contributed by atoms with van der Waals surface area (Å²) < 4.78 is 18.8. The molecule has 2 heterocycles. The molecule has 0 bridgehead atoms. The molecule has 30 heavy (non-hydrogen) atoms. The largest absolute Gasteiger partial charge is 0.496 e. The second kappa shape index (κ2) is 8.08. The highest BCUT2D eigenvalue weighted by molar-refractivity contribution is 5.88. The minimum atomic E-state index is -0.343. The van der Waals surface area contributed by atoms with Crippen molar-refractivity contribution in [2.75, 3.05) is 21.3 Å². The summed E-state index contributed by atoms with van der Waals surface area (Å²) in [6.45, 7) is 0. The van der Waals surface area contributed by atoms with Gasteiger partial charge in [-0.05, 0) is 12.1 Å². The second-order valence-electron chi connectivity index (χ2n) is 6.21. The molecule has 0 aliphatic carbocycles. The van der Waals surface area contributed by atoms with Crippen LogP contribution in [0.4, 0.5) is 0 Å². The molecule has 0 N–H and O–H groups in total. The molecular formula is C21H19N5O4. The normalized spacial score (nSPS) is 11.2. The number of hydrogen-bond acceptors (Lipinski definition) is 7. The number of hydrogen-bond donors (Lipinski definition) is 0. The van der Waals surface area contributed by atoms with Crippen LogP contribution in [-0.4, -0.2) is 47.0 Å². The summed E-state index contributed by atoms with van der Waals surface area (Å²) in [6.07, 6.45) is 4.32. The van der Waals surface area contributed by atoms with Crippen molar-refractivity contribution >= 4 is 17.2 Å². The first-order valence-electron chi connectivity index (χ1n) is 9.01. The van der Waals surface area contributed by atoms with Crippen molar-refractivity contribution in [3.8, 4) is 22.9 Å². The zero-order valence-electron chi connectivity index (χ0n) is 16.6. The summed E-state index contributed by atoms with van der Waals surface area (Å²) in [5.41, 5.74) is 1.49. The van der Waals surface area contributed by atoms with Crippen LogP contribution in [0.1, 0.15) is 5.56 Å². The van der Waals surface area contributed by atoms with E-state index in [-0.39, 0.29) is 5.56 Å². The van der Waals surface area contributed by atoms with Gasteiger partial charge in [0.25, 0.3) is 5.56 Å². The Kier molecular flexibility index (Phi) is 5.17. The van der Waals surface area contributed by atoms with Gasteiger partial charge in [-0.3, -0.25) is 4.79 Å². The maximum absolute atomic E-state index is 12.9. The maximum atomic E-state index is 12.9. The fourth-order valence-corrected chi connectivity index (χ4v) is 3.02. The smallest absolute Gasteiger partial charge is 0.285 e. The molecule has 0 unspecified atom stereocenters. The van der Waals surface area contributed by atoms with Crippen molar-refractivity contribution in [3.63, 3.8) is 0 Å². The topological polar surface area (TPSA) is 92.8 Å². The molecule has 4 rings (SSSR count). The fourth-order valence-electron chi connectivity index (χ4n) is 3.02. The van der Waals surface area contributed by atoms with Crippen LogP contribution in [-0.2, 0) is 0 Å². The van der Waals surface area contributed by atoms with E-state index in [1.165, 1.54) is 33.0 Å². The van der Waals surface area contributed by atoms with E-state index in [9.17, 15) is 4.79 Å². The molecule has 0 saturated carbocycles. The molecule has 4 aromatic rings. The third-order valence-electron chi connectivity index (χ3n) is 4.54. The maximum Gasteiger partial charge on any atom is 0.285 e. The van der Waals surface area contributed by atoms with E-state index >= 15 is 0 Å². The van der Waals surface area contributed by atoms with Crippen LogP contribution in [0.2, 0.25) is 0 Å². The molecule has 9 heteroatoms. The van der Waals surface area contributed by atoms with Gasteiger partial charge in [-0.25, -0.2) is 9.67 Å². The van der Waals surface area contributed by atoms with Crippen LogP contribution < -0.4 is 19.8 Å². The summed E-state index contributed by atoms with van der Waals surface area (Å²) in [6, 6.07) is 12.9. The Labute approximate surface area is 171 Å². The van der Waals surface area contributed by atoms with E-state index in [4.69, 9.17) is 14.2 Å². The van der Waals surface area contributed by atoms with Crippen molar-refractivity contribution in [1.82, 2.24) is 19.4 Å². The summed E-state index contributed by atoms with van der Waals surface area (Å²) in [5.74, 6) is 1.57. The number of ether oxygens (including phenoxy) is 3. The van der Waals surface area contributed by atoms with E-state index in [1.807, 2.05) is 30.3 Å². The van der Waals surface area contributed by atoms with Crippen molar-refractivity contribution in [2.45, 2.75) is 0 Å². The molecule has 2 aromatic carbocycles. The van der Waals surface area contributed by atoms with Gasteiger partial charge in [0.15, 0.2) is 5.65 Å². The van der Waals surface area contributed by atoms with Gasteiger partial charge < -0.3 is 14.2 Å². The zero-order chi connectivity index (χ0) is 21.1. The van der Waals surface area contributed by atoms with Crippen LogP contribution in [0, 0.1) is 0 Å². The number of methoxy groups -OCH3 is 3. The number of fused-ring (bicyclic) bond motifs is 1. The Morgan fingerprint density at radius 3 is 2.33 bits per heavy atom. The zero-order valence-corrected chi connectivity index (χ0v) is 16.6. The Hall–Kier alpha value is -4.14. The van der Waals surface area contributed by atoms with Crippen LogP contribution in [0.15, 0.2) is 64.9 Å². The van der Waals surface area contributed by atoms with Gasteiger partial charge in [-0.2, -0.15) is 14.9 Å². The molecule has 0 aliphatic heterocycles. The molecule has 0 amide bonds. The monoisotopic (exact) mass is 405 g/mol. The lowest BCUT2D eigenvalue weighted by atomic mass is 10.2. The third kappa shape index (κ3) is 3.37. The Morgan fingerprint density at radius 2 is 1.70 bits per heavy atom. The highest BCUT2D eigenvalue weighted by atomic mass is 16.5. The SMILES string of the molecule is COc1cc(OC)c(/C=N\n2cnc3c(cnn3-c3ccccc3)c2=O)c(OC)c1. The van der Waals surface area contributed by atoms with Crippen molar-refractivity contribution < 1.29 is 14.2 Å². The van der Waals surface area contributed by atoms with Crippen LogP contribution in [0.3, 0.4) is 0 Å². The summed E-state index contributed by atoms with van der Waals surface area (Å²) >= 11 is 0. The molecule has 0 fully saturated rings. The second-order valence-corrected chi connectivity index (χ2v) is 6.21. The highest BCUT2D eigenvalue weighted by Crippen LogP contribution is 2.32. The van der Waals surface area contributed by atoms with Crippen molar-refractivity contribution in [2.24, 2.45) is 5.10 Å². The van der Waals surface area contributed by atoms with Crippen LogP contribution in [0.5, 0.6) is 17.2 Å². The average molecular weight is 405 g/mol. The number of rotatable bonds is 6. The predicted molar refractivity (Wildman–Crippen MR) is 112 cm³/mol. The van der Waals surface area contributed by atoms with Crippen molar-refractivity contribution in [1.29, 1.82) is 0 Å². The predicted octanol–water partition coefficient (Wildman–Crippen LogP) is 2.49. The summed E-state index contributed by atoms with van der Waals surface area (Å²) in [7, 11) is 4.62. The van der Waals surface area contributed by atoms with E-state index in [0.29, 0.717) is 33.8 Å². The van der Waals surface area contributed by atoms with E-state index < -0.39 is 0 Å². The Bertz CT molecular complexity index is 1250. The first kappa shape index (κ1) is 19.2. The minimum Gasteiger partial charge on any atom is -0.496 e. The van der Waals surface area contributed by atoms with E-state index in [0.717, 1.165) is 10.4 Å². The molecule has 2 aromatic heterocycles. The number of para-hydroxylation sites is 1. The molecule has 0 spiro atoms. The minimum absolute atomic E-state index is 0.343. The molecule has 0 aliphatic rings. The average Bonchev–Trinajstić information content (AvgIpc) is 3.23. The van der Waals surface area contributed by atoms with Gasteiger partial charge in [-0.15, -0.1) is 0 Å². The van der Waals surface area contributed by atoms with E-state index in [1.54, 1.807) is 23.9 Å². The Balaban J connectivity index is 1.76. The van der Waals surface area contributed by atoms with Crippen LogP contribution in [0.25, 0.3) is 16.7 Å². The molecule has 0 saturated heterocycles. The lowest BCUT2D eigenvalue weighted by molar-refractivity contribution is 0.374. The molecule has 0 radical (unpaired) electrons. The number of aromatic nitrogens is 4. The fraction of sp³-hybridized carbons (Fsp3) is 0.143. The standard InChI is InChI=1S/C21H19N5O4/c1-28-15-9-18(29-2)16(19(10-15)30-3)11-23-25-13-22-20-17(21(25)27)12-24-26(20)14-7-5-4-6-8-14/h4-13H,1-3H3/b23-11-. The van der Waals surface area contributed by atoms with Gasteiger partial charge >= 0.3 is 0 Å². The van der Waals surface area contributed by atoms with Crippen LogP contribution >= 0.6 is 0 Å². The number of nitrogens with zero attached hydrogens (tertiary/aromatic N) is 5. The summed E-state index contributed by atoms with van der Waals surface area (Å²) in [5, 5.41) is 8.91. The van der Waals surface area contributed by atoms with Gasteiger partial charge in [-0.1, -0.05) is 18.2 Å². The van der Waals surface area contributed by atoms with Crippen molar-refractivity contribution in [3.05, 3.63) is 70.9 Å². The number of benzene rings is 2. The first-order chi connectivity index (χ1) is 14.7. The lowest BCUT2D eigenvalue weighted by Crippen LogP contribution is -2.17. The molecule has 0 atom stereocenters. The quantitative estimate of drug-likeness (QED) is 0.458. The summed E-state index contributed by atoms with van der Waals surface area (Å²) in [4.78, 5) is 17.2. The van der Waals surface area contributed by atoms with Gasteiger partial charge in [0.05, 0.1) is 45.0 Å². The molecular weight excluding hydrogens is 386 g/mol. The first-order valence-corrected chi connectivity index (χ1v) is 9.01. The third-order valence-corrected chi connectivity index (χ3v) is 4.54. The van der Waals surface area contributed by atoms with Gasteiger partial charge in [0.1, 0.15) is 29.0 Å². The van der Waals surface area contributed by atoms with Gasteiger partial charge in [0, 0.05) is 12.1 Å². The molecule has 152 valence electrons. The van der Waals surface area contributed by atoms with E-state index in [2.05, 4.69) is 15.2 Å². The van der Waals surface area contributed by atoms with Gasteiger partial charge in [0.2, 0.25) is 0 Å².